The van der Waals surface area contributed by atoms with Crippen LogP contribution in [-0.4, -0.2) is 17.9 Å². The van der Waals surface area contributed by atoms with Crippen molar-refractivity contribution in [3.05, 3.63) is 59.1 Å². The average Bonchev–Trinajstić information content (AvgIpc) is 3.12. The van der Waals surface area contributed by atoms with Gasteiger partial charge in [0.05, 0.1) is 12.5 Å². The molecular formula is C17H11NO2S2. The van der Waals surface area contributed by atoms with E-state index in [-0.39, 0.29) is 5.78 Å². The third kappa shape index (κ3) is 2.01. The van der Waals surface area contributed by atoms with Crippen LogP contribution in [0, 0.1) is 0 Å². The Morgan fingerprint density at radius 3 is 2.64 bits per heavy atom. The van der Waals surface area contributed by atoms with Crippen molar-refractivity contribution in [1.82, 2.24) is 4.98 Å². The van der Waals surface area contributed by atoms with Gasteiger partial charge in [-0.2, -0.15) is 0 Å². The summed E-state index contributed by atoms with van der Waals surface area (Å²) in [5, 5.41) is 1.52. The molecular weight excluding hydrogens is 314 g/mol. The van der Waals surface area contributed by atoms with Gasteiger partial charge in [0.25, 0.3) is 0 Å². The number of nitrogens with zero attached hydrogens (tertiary/aromatic N) is 1. The first-order valence-corrected chi connectivity index (χ1v) is 8.37. The highest BCUT2D eigenvalue weighted by atomic mass is 32.2. The second-order valence-corrected chi connectivity index (χ2v) is 7.10. The molecule has 2 aromatic heterocycles. The molecule has 5 heteroatoms. The molecule has 4 aromatic rings. The monoisotopic (exact) mass is 325 g/mol. The zero-order chi connectivity index (χ0) is 15.1. The van der Waals surface area contributed by atoms with Gasteiger partial charge in [-0.15, -0.1) is 11.3 Å². The van der Waals surface area contributed by atoms with Crippen molar-refractivity contribution in [3.63, 3.8) is 0 Å². The number of ketones is 1. The quantitative estimate of drug-likeness (QED) is 0.510. The second kappa shape index (κ2) is 5.19. The predicted octanol–water partition coefficient (Wildman–Crippen LogP) is 4.75. The zero-order valence-electron chi connectivity index (χ0n) is 11.7. The summed E-state index contributed by atoms with van der Waals surface area (Å²) < 4.78 is 7.62. The number of carbonyl (C=O) groups is 1. The summed E-state index contributed by atoms with van der Waals surface area (Å²) in [6.45, 7) is 0. The molecule has 0 unspecified atom stereocenters. The molecule has 0 spiro atoms. The fraction of sp³-hybridized carbons (Fsp3) is 0.0588. The van der Waals surface area contributed by atoms with Crippen LogP contribution in [0.15, 0.2) is 48.5 Å². The second-order valence-electron chi connectivity index (χ2n) is 4.79. The van der Waals surface area contributed by atoms with Crippen LogP contribution in [0.4, 0.5) is 0 Å². The van der Waals surface area contributed by atoms with E-state index in [1.165, 1.54) is 11.3 Å². The third-order valence-electron chi connectivity index (χ3n) is 3.47. The predicted molar refractivity (Wildman–Crippen MR) is 91.4 cm³/mol. The van der Waals surface area contributed by atoms with Crippen LogP contribution in [0.5, 0.6) is 5.75 Å². The van der Waals surface area contributed by atoms with Crippen LogP contribution in [0.1, 0.15) is 15.4 Å². The maximum atomic E-state index is 12.5. The number of thiophene rings is 1. The summed E-state index contributed by atoms with van der Waals surface area (Å²) in [6, 6.07) is 15.2. The average molecular weight is 325 g/mol. The summed E-state index contributed by atoms with van der Waals surface area (Å²) in [7, 11) is 1.65. The number of benzene rings is 2. The molecule has 2 heterocycles. The topological polar surface area (TPSA) is 39.2 Å². The summed E-state index contributed by atoms with van der Waals surface area (Å²) in [5.41, 5.74) is 1.53. The van der Waals surface area contributed by atoms with Gasteiger partial charge in [0, 0.05) is 10.3 Å². The number of thiazole rings is 1. The number of aromatic nitrogens is 1. The highest BCUT2D eigenvalue weighted by Crippen LogP contribution is 2.41. The highest BCUT2D eigenvalue weighted by molar-refractivity contribution is 7.42. The Morgan fingerprint density at radius 1 is 1.05 bits per heavy atom. The smallest absolute Gasteiger partial charge is 0.221 e. The number of fused-ring (bicyclic) bond motifs is 3. The van der Waals surface area contributed by atoms with E-state index in [0.717, 1.165) is 25.4 Å². The molecule has 3 nitrogen and oxygen atoms in total. The Balaban J connectivity index is 1.90. The number of rotatable bonds is 3. The van der Waals surface area contributed by atoms with Gasteiger partial charge in [0.1, 0.15) is 15.3 Å². The normalized spacial score (nSPS) is 11.1. The number of hydrogen-bond acceptors (Lipinski definition) is 5. The SMILES string of the molecule is COc1cccc2sc3sc(C(=O)c4ccccc4)nc3c12. The highest BCUT2D eigenvalue weighted by Gasteiger charge is 2.19. The molecule has 0 aliphatic rings. The molecule has 0 atom stereocenters. The van der Waals surface area contributed by atoms with Gasteiger partial charge in [0.2, 0.25) is 5.78 Å². The standard InChI is InChI=1S/C17H11NO2S2/c1-20-11-8-5-9-12-13(11)14-17(21-12)22-16(18-14)15(19)10-6-3-2-4-7-10/h2-9H,1H3. The van der Waals surface area contributed by atoms with Crippen molar-refractivity contribution >= 4 is 48.1 Å². The van der Waals surface area contributed by atoms with Crippen molar-refractivity contribution in [3.8, 4) is 5.75 Å². The largest absolute Gasteiger partial charge is 0.496 e. The molecule has 0 saturated heterocycles. The number of ether oxygens (including phenoxy) is 1. The first-order valence-electron chi connectivity index (χ1n) is 6.73. The van der Waals surface area contributed by atoms with Gasteiger partial charge in [-0.05, 0) is 12.1 Å². The minimum absolute atomic E-state index is 0.0305. The van der Waals surface area contributed by atoms with Crippen LogP contribution in [0.25, 0.3) is 19.6 Å². The molecule has 0 N–H and O–H groups in total. The van der Waals surface area contributed by atoms with Crippen molar-refractivity contribution in [2.45, 2.75) is 0 Å². The Bertz CT molecular complexity index is 986. The van der Waals surface area contributed by atoms with Crippen molar-refractivity contribution in [1.29, 1.82) is 0 Å². The lowest BCUT2D eigenvalue weighted by molar-refractivity contribution is 0.103. The van der Waals surface area contributed by atoms with Gasteiger partial charge < -0.3 is 4.74 Å². The maximum absolute atomic E-state index is 12.5. The Morgan fingerprint density at radius 2 is 1.86 bits per heavy atom. The van der Waals surface area contributed by atoms with Gasteiger partial charge in [-0.25, -0.2) is 4.98 Å². The number of carbonyl (C=O) groups excluding carboxylic acids is 1. The minimum Gasteiger partial charge on any atom is -0.496 e. The molecule has 0 fully saturated rings. The zero-order valence-corrected chi connectivity index (χ0v) is 13.3. The van der Waals surface area contributed by atoms with Gasteiger partial charge in [-0.1, -0.05) is 47.7 Å². The van der Waals surface area contributed by atoms with E-state index in [1.54, 1.807) is 18.4 Å². The van der Waals surface area contributed by atoms with E-state index in [9.17, 15) is 4.79 Å². The van der Waals surface area contributed by atoms with Crippen molar-refractivity contribution in [2.75, 3.05) is 7.11 Å². The van der Waals surface area contributed by atoms with E-state index in [1.807, 2.05) is 42.5 Å². The molecule has 22 heavy (non-hydrogen) atoms. The molecule has 2 aromatic carbocycles. The van der Waals surface area contributed by atoms with Gasteiger partial charge in [0.15, 0.2) is 5.01 Å². The number of methoxy groups -OCH3 is 1. The van der Waals surface area contributed by atoms with Crippen molar-refractivity contribution < 1.29 is 9.53 Å². The molecule has 108 valence electrons. The van der Waals surface area contributed by atoms with Crippen LogP contribution < -0.4 is 4.74 Å². The van der Waals surface area contributed by atoms with E-state index in [0.29, 0.717) is 10.6 Å². The van der Waals surface area contributed by atoms with E-state index >= 15 is 0 Å². The molecule has 0 bridgehead atoms. The Hall–Kier alpha value is -2.24. The molecule has 0 aliphatic carbocycles. The Labute approximate surface area is 134 Å². The van der Waals surface area contributed by atoms with Crippen LogP contribution in [0.3, 0.4) is 0 Å². The van der Waals surface area contributed by atoms with E-state index in [2.05, 4.69) is 11.1 Å². The molecule has 0 aliphatic heterocycles. The number of hydrogen-bond donors (Lipinski definition) is 0. The lowest BCUT2D eigenvalue weighted by Crippen LogP contribution is -1.99. The lowest BCUT2D eigenvalue weighted by Gasteiger charge is -2.00. The fourth-order valence-corrected chi connectivity index (χ4v) is 4.77. The summed E-state index contributed by atoms with van der Waals surface area (Å²) in [6.07, 6.45) is 0. The van der Waals surface area contributed by atoms with Crippen molar-refractivity contribution in [2.24, 2.45) is 0 Å². The van der Waals surface area contributed by atoms with Gasteiger partial charge in [-0.3, -0.25) is 4.79 Å². The van der Waals surface area contributed by atoms with Crippen LogP contribution in [-0.2, 0) is 0 Å². The first kappa shape index (κ1) is 13.4. The Kier molecular flexibility index (Phi) is 3.17. The van der Waals surface area contributed by atoms with Crippen LogP contribution >= 0.6 is 22.7 Å². The van der Waals surface area contributed by atoms with Crippen LogP contribution in [0.2, 0.25) is 0 Å². The molecule has 0 amide bonds. The third-order valence-corrected chi connectivity index (χ3v) is 5.76. The lowest BCUT2D eigenvalue weighted by atomic mass is 10.1. The minimum atomic E-state index is -0.0305. The summed E-state index contributed by atoms with van der Waals surface area (Å²) in [5.74, 6) is 0.768. The molecule has 4 rings (SSSR count). The summed E-state index contributed by atoms with van der Waals surface area (Å²) in [4.78, 5) is 17.1. The summed E-state index contributed by atoms with van der Waals surface area (Å²) >= 11 is 3.10. The molecule has 0 saturated carbocycles. The van der Waals surface area contributed by atoms with E-state index < -0.39 is 0 Å². The molecule has 0 radical (unpaired) electrons. The van der Waals surface area contributed by atoms with E-state index in [4.69, 9.17) is 4.74 Å². The maximum Gasteiger partial charge on any atom is 0.221 e. The fourth-order valence-electron chi connectivity index (χ4n) is 2.44. The first-order chi connectivity index (χ1) is 10.8. The van der Waals surface area contributed by atoms with Gasteiger partial charge >= 0.3 is 0 Å².